The molecule has 0 N–H and O–H groups in total. The molecule has 0 bridgehead atoms. The van der Waals surface area contributed by atoms with Gasteiger partial charge in [-0.25, -0.2) is 0 Å². The Morgan fingerprint density at radius 1 is 1.38 bits per heavy atom. The van der Waals surface area contributed by atoms with Crippen LogP contribution in [0.5, 0.6) is 0 Å². The smallest absolute Gasteiger partial charge is 0.246 e. The highest BCUT2D eigenvalue weighted by molar-refractivity contribution is 6.30. The molecule has 2 aromatic rings. The minimum atomic E-state index is 0.0406. The molecular weight excluding hydrogens is 388 g/mol. The minimum Gasteiger partial charge on any atom is -0.339 e. The predicted octanol–water partition coefficient (Wildman–Crippen LogP) is 4.35. The molecule has 29 heavy (non-hydrogen) atoms. The lowest BCUT2D eigenvalue weighted by molar-refractivity contribution is -0.127. The van der Waals surface area contributed by atoms with Gasteiger partial charge in [-0.15, -0.1) is 0 Å². The van der Waals surface area contributed by atoms with Gasteiger partial charge in [0, 0.05) is 36.9 Å². The summed E-state index contributed by atoms with van der Waals surface area (Å²) in [5, 5.41) is 4.46. The molecule has 0 radical (unpaired) electrons. The first-order chi connectivity index (χ1) is 13.9. The number of hydrogen-bond donors (Lipinski definition) is 0. The number of hydrogen-bond acceptors (Lipinski definition) is 5. The van der Waals surface area contributed by atoms with E-state index in [9.17, 15) is 4.79 Å². The van der Waals surface area contributed by atoms with E-state index >= 15 is 0 Å². The van der Waals surface area contributed by atoms with Crippen molar-refractivity contribution < 1.29 is 9.32 Å². The van der Waals surface area contributed by atoms with Crippen LogP contribution in [0.25, 0.3) is 6.08 Å². The van der Waals surface area contributed by atoms with Gasteiger partial charge in [0.25, 0.3) is 0 Å². The van der Waals surface area contributed by atoms with Gasteiger partial charge in [-0.3, -0.25) is 9.79 Å². The molecule has 0 unspecified atom stereocenters. The fraction of sp³-hybridized carbons (Fsp3) is 0.455. The van der Waals surface area contributed by atoms with Crippen molar-refractivity contribution in [2.45, 2.75) is 39.5 Å². The molecule has 1 fully saturated rings. The number of halogens is 1. The SMILES string of the molecule is C/N=C(\C)CC1CCN(C(=O)/C=C/c2ccc(Cl)cc2Cc2nc(C)no2)CC1. The zero-order valence-corrected chi connectivity index (χ0v) is 17.9. The van der Waals surface area contributed by atoms with E-state index < -0.39 is 0 Å². The van der Waals surface area contributed by atoms with Crippen LogP contribution in [0.15, 0.2) is 33.8 Å². The van der Waals surface area contributed by atoms with Gasteiger partial charge < -0.3 is 9.42 Å². The van der Waals surface area contributed by atoms with E-state index in [-0.39, 0.29) is 5.91 Å². The number of carbonyl (C=O) groups is 1. The second-order valence-corrected chi connectivity index (χ2v) is 7.96. The van der Waals surface area contributed by atoms with Crippen molar-refractivity contribution in [3.63, 3.8) is 0 Å². The second kappa shape index (κ2) is 9.83. The summed E-state index contributed by atoms with van der Waals surface area (Å²) in [7, 11) is 1.84. The standard InChI is InChI=1S/C22H27ClN4O2/c1-15(24-3)12-17-8-10-27(11-9-17)22(28)7-5-18-4-6-20(23)13-19(18)14-21-25-16(2)26-29-21/h4-7,13,17H,8-12,14H2,1-3H3/b7-5+,24-15+. The van der Waals surface area contributed by atoms with Gasteiger partial charge in [0.15, 0.2) is 5.82 Å². The number of aryl methyl sites for hydroxylation is 1. The number of amides is 1. The van der Waals surface area contributed by atoms with Crippen LogP contribution in [-0.4, -0.2) is 46.8 Å². The maximum atomic E-state index is 12.6. The topological polar surface area (TPSA) is 71.6 Å². The molecule has 1 amide bonds. The van der Waals surface area contributed by atoms with Gasteiger partial charge in [-0.1, -0.05) is 22.8 Å². The Labute approximate surface area is 176 Å². The maximum absolute atomic E-state index is 12.6. The molecule has 1 aliphatic rings. The second-order valence-electron chi connectivity index (χ2n) is 7.52. The maximum Gasteiger partial charge on any atom is 0.246 e. The lowest BCUT2D eigenvalue weighted by Crippen LogP contribution is -2.37. The van der Waals surface area contributed by atoms with Gasteiger partial charge in [-0.2, -0.15) is 4.98 Å². The Morgan fingerprint density at radius 3 is 2.79 bits per heavy atom. The average molecular weight is 415 g/mol. The molecule has 6 nitrogen and oxygen atoms in total. The first-order valence-corrected chi connectivity index (χ1v) is 10.3. The third kappa shape index (κ3) is 6.00. The molecule has 1 saturated heterocycles. The average Bonchev–Trinajstić information content (AvgIpc) is 3.12. The zero-order valence-electron chi connectivity index (χ0n) is 17.2. The van der Waals surface area contributed by atoms with Crippen LogP contribution >= 0.6 is 11.6 Å². The van der Waals surface area contributed by atoms with Gasteiger partial charge in [-0.05, 0) is 68.4 Å². The van der Waals surface area contributed by atoms with E-state index in [2.05, 4.69) is 22.1 Å². The fourth-order valence-corrected chi connectivity index (χ4v) is 3.79. The van der Waals surface area contributed by atoms with E-state index in [0.29, 0.717) is 29.1 Å². The third-order valence-electron chi connectivity index (χ3n) is 5.31. The van der Waals surface area contributed by atoms with Crippen molar-refractivity contribution in [1.29, 1.82) is 0 Å². The molecule has 3 rings (SSSR count). The fourth-order valence-electron chi connectivity index (χ4n) is 3.60. The predicted molar refractivity (Wildman–Crippen MR) is 115 cm³/mol. The summed E-state index contributed by atoms with van der Waals surface area (Å²) >= 11 is 6.16. The van der Waals surface area contributed by atoms with Crippen LogP contribution in [-0.2, 0) is 11.2 Å². The number of aliphatic imine (C=N–C) groups is 1. The lowest BCUT2D eigenvalue weighted by Gasteiger charge is -2.31. The number of rotatable bonds is 6. The summed E-state index contributed by atoms with van der Waals surface area (Å²) in [6, 6.07) is 5.59. The van der Waals surface area contributed by atoms with Gasteiger partial charge in [0.2, 0.25) is 11.8 Å². The van der Waals surface area contributed by atoms with Crippen molar-refractivity contribution in [2.75, 3.05) is 20.1 Å². The number of piperidine rings is 1. The van der Waals surface area contributed by atoms with Crippen molar-refractivity contribution >= 4 is 29.3 Å². The van der Waals surface area contributed by atoms with Crippen LogP contribution in [0.2, 0.25) is 5.02 Å². The number of nitrogens with zero attached hydrogens (tertiary/aromatic N) is 4. The molecule has 0 aliphatic carbocycles. The first-order valence-electron chi connectivity index (χ1n) is 9.91. The zero-order chi connectivity index (χ0) is 20.8. The summed E-state index contributed by atoms with van der Waals surface area (Å²) in [6.45, 7) is 5.43. The molecule has 0 atom stereocenters. The van der Waals surface area contributed by atoms with Gasteiger partial charge in [0.05, 0.1) is 6.42 Å². The Balaban J connectivity index is 1.63. The highest BCUT2D eigenvalue weighted by Gasteiger charge is 2.22. The van der Waals surface area contributed by atoms with Crippen LogP contribution in [0, 0.1) is 12.8 Å². The molecule has 2 heterocycles. The Bertz CT molecular complexity index is 911. The van der Waals surface area contributed by atoms with Gasteiger partial charge in [0.1, 0.15) is 0 Å². The van der Waals surface area contributed by atoms with E-state index in [1.165, 1.54) is 5.71 Å². The Hall–Kier alpha value is -2.47. The van der Waals surface area contributed by atoms with Crippen molar-refractivity contribution in [3.05, 3.63) is 52.1 Å². The summed E-state index contributed by atoms with van der Waals surface area (Å²) < 4.78 is 5.22. The van der Waals surface area contributed by atoms with Crippen LogP contribution in [0.4, 0.5) is 0 Å². The normalized spacial score (nSPS) is 16.0. The van der Waals surface area contributed by atoms with Crippen molar-refractivity contribution in [1.82, 2.24) is 15.0 Å². The molecule has 1 aliphatic heterocycles. The number of benzene rings is 1. The van der Waals surface area contributed by atoms with Crippen LogP contribution in [0.1, 0.15) is 49.0 Å². The van der Waals surface area contributed by atoms with Crippen molar-refractivity contribution in [2.24, 2.45) is 10.9 Å². The summed E-state index contributed by atoms with van der Waals surface area (Å²) in [5.74, 6) is 1.78. The largest absolute Gasteiger partial charge is 0.339 e. The number of aromatic nitrogens is 2. The van der Waals surface area contributed by atoms with E-state index in [0.717, 1.165) is 43.5 Å². The molecular formula is C22H27ClN4O2. The number of carbonyl (C=O) groups excluding carboxylic acids is 1. The highest BCUT2D eigenvalue weighted by atomic mass is 35.5. The highest BCUT2D eigenvalue weighted by Crippen LogP contribution is 2.23. The lowest BCUT2D eigenvalue weighted by atomic mass is 9.91. The molecule has 7 heteroatoms. The minimum absolute atomic E-state index is 0.0406. The third-order valence-corrected chi connectivity index (χ3v) is 5.55. The molecule has 154 valence electrons. The Morgan fingerprint density at radius 2 is 2.14 bits per heavy atom. The molecule has 1 aromatic carbocycles. The quantitative estimate of drug-likeness (QED) is 0.520. The number of likely N-dealkylation sites (tertiary alicyclic amines) is 1. The van der Waals surface area contributed by atoms with E-state index in [1.807, 2.05) is 36.2 Å². The van der Waals surface area contributed by atoms with E-state index in [4.69, 9.17) is 16.1 Å². The van der Waals surface area contributed by atoms with Crippen LogP contribution in [0.3, 0.4) is 0 Å². The van der Waals surface area contributed by atoms with E-state index in [1.54, 1.807) is 13.0 Å². The molecule has 0 saturated carbocycles. The van der Waals surface area contributed by atoms with Gasteiger partial charge >= 0.3 is 0 Å². The molecule has 1 aromatic heterocycles. The monoisotopic (exact) mass is 414 g/mol. The summed E-state index contributed by atoms with van der Waals surface area (Å²) in [5.41, 5.74) is 3.04. The summed E-state index contributed by atoms with van der Waals surface area (Å²) in [6.07, 6.45) is 7.03. The first kappa shape index (κ1) is 21.2. The van der Waals surface area contributed by atoms with Crippen molar-refractivity contribution in [3.8, 4) is 0 Å². The Kier molecular flexibility index (Phi) is 7.20. The van der Waals surface area contributed by atoms with Crippen LogP contribution < -0.4 is 0 Å². The summed E-state index contributed by atoms with van der Waals surface area (Å²) in [4.78, 5) is 23.1. The molecule has 0 spiro atoms.